The molecule has 2 aromatic rings. The maximum atomic E-state index is 18.0. The van der Waals surface area contributed by atoms with Crippen LogP contribution < -0.4 is 0 Å². The molecule has 0 saturated heterocycles. The molecule has 1 aromatic carbocycles. The van der Waals surface area contributed by atoms with Crippen LogP contribution in [0.3, 0.4) is 0 Å². The predicted molar refractivity (Wildman–Crippen MR) is 147 cm³/mol. The summed E-state index contributed by atoms with van der Waals surface area (Å²) in [6.45, 7) is 8.12. The largest absolute Gasteiger partial charge is 0.458 e. The number of ether oxygens (including phenoxy) is 1. The zero-order valence-corrected chi connectivity index (χ0v) is 23.6. The molecule has 4 aliphatic carbocycles. The number of benzene rings is 1. The van der Waals surface area contributed by atoms with Gasteiger partial charge in [0.15, 0.2) is 12.3 Å². The highest BCUT2D eigenvalue weighted by atomic mass is 19.1. The van der Waals surface area contributed by atoms with E-state index in [2.05, 4.69) is 5.10 Å². The Balaban J connectivity index is 1.45. The summed E-state index contributed by atoms with van der Waals surface area (Å²) in [7, 11) is 0. The van der Waals surface area contributed by atoms with Crippen molar-refractivity contribution in [3.8, 4) is 5.69 Å². The number of rotatable bonds is 4. The van der Waals surface area contributed by atoms with Gasteiger partial charge in [0.25, 0.3) is 0 Å². The Kier molecular flexibility index (Phi) is 5.89. The van der Waals surface area contributed by atoms with Crippen molar-refractivity contribution < 1.29 is 28.9 Å². The van der Waals surface area contributed by atoms with E-state index in [-0.39, 0.29) is 6.42 Å². The van der Waals surface area contributed by atoms with Crippen molar-refractivity contribution in [1.82, 2.24) is 9.78 Å². The van der Waals surface area contributed by atoms with E-state index >= 15 is 4.39 Å². The van der Waals surface area contributed by atoms with Crippen molar-refractivity contribution >= 4 is 17.8 Å². The average molecular weight is 549 g/mol. The minimum Gasteiger partial charge on any atom is -0.458 e. The molecule has 0 aliphatic heterocycles. The van der Waals surface area contributed by atoms with Gasteiger partial charge in [0.05, 0.1) is 23.7 Å². The van der Waals surface area contributed by atoms with Crippen LogP contribution in [0.1, 0.15) is 58.7 Å². The van der Waals surface area contributed by atoms with E-state index in [0.29, 0.717) is 12.8 Å². The Morgan fingerprint density at radius 2 is 1.93 bits per heavy atom. The van der Waals surface area contributed by atoms with Gasteiger partial charge < -0.3 is 14.9 Å². The highest BCUT2D eigenvalue weighted by molar-refractivity contribution is 5.91. The number of nitrogens with zero attached hydrogens (tertiary/aromatic N) is 2. The number of Topliss-reactive ketones (excluding diaryl/α,β-unsaturated/α-hetero) is 1. The summed E-state index contributed by atoms with van der Waals surface area (Å²) in [6, 6.07) is 9.81. The number of allylic oxidation sites excluding steroid dienone is 3. The van der Waals surface area contributed by atoms with Crippen molar-refractivity contribution in [1.29, 1.82) is 0 Å². The van der Waals surface area contributed by atoms with Gasteiger partial charge in [-0.25, -0.2) is 9.07 Å². The summed E-state index contributed by atoms with van der Waals surface area (Å²) in [6.07, 6.45) is 4.99. The molecule has 7 nitrogen and oxygen atoms in total. The fraction of sp³-hybridized carbons (Fsp3) is 0.531. The first-order chi connectivity index (χ1) is 18.8. The molecule has 2 fully saturated rings. The monoisotopic (exact) mass is 548 g/mol. The highest BCUT2D eigenvalue weighted by Crippen LogP contribution is 2.70. The Morgan fingerprint density at radius 1 is 1.23 bits per heavy atom. The smallest absolute Gasteiger partial charge is 0.303 e. The van der Waals surface area contributed by atoms with Crippen LogP contribution in [0, 0.1) is 28.6 Å². The average Bonchev–Trinajstić information content (AvgIpc) is 3.40. The molecule has 8 unspecified atom stereocenters. The lowest BCUT2D eigenvalue weighted by molar-refractivity contribution is -0.212. The minimum atomic E-state index is -2.03. The number of carbonyl (C=O) groups excluding carboxylic acids is 2. The van der Waals surface area contributed by atoms with E-state index in [1.54, 1.807) is 20.0 Å². The van der Waals surface area contributed by atoms with Gasteiger partial charge in [0.1, 0.15) is 5.60 Å². The molecule has 212 valence electrons. The topological polar surface area (TPSA) is 102 Å². The van der Waals surface area contributed by atoms with Gasteiger partial charge in [0.2, 0.25) is 5.78 Å². The van der Waals surface area contributed by atoms with Gasteiger partial charge in [-0.1, -0.05) is 50.6 Å². The second-order valence-corrected chi connectivity index (χ2v) is 12.9. The number of esters is 1. The second kappa shape index (κ2) is 8.70. The van der Waals surface area contributed by atoms with E-state index in [0.717, 1.165) is 28.1 Å². The molecule has 40 heavy (non-hydrogen) atoms. The molecular weight excluding hydrogens is 511 g/mol. The van der Waals surface area contributed by atoms with Crippen LogP contribution >= 0.6 is 0 Å². The van der Waals surface area contributed by atoms with Gasteiger partial charge in [-0.05, 0) is 67.4 Å². The molecule has 2 N–H and O–H groups in total. The third-order valence-electron chi connectivity index (χ3n) is 10.9. The van der Waals surface area contributed by atoms with E-state index in [1.807, 2.05) is 61.0 Å². The number of para-hydroxylation sites is 1. The lowest BCUT2D eigenvalue weighted by Crippen LogP contribution is -2.69. The number of aromatic nitrogens is 2. The lowest BCUT2D eigenvalue weighted by atomic mass is 9.44. The molecule has 4 aliphatic rings. The number of hydrogen-bond acceptors (Lipinski definition) is 6. The summed E-state index contributed by atoms with van der Waals surface area (Å²) >= 11 is 0. The number of hydrogen-bond donors (Lipinski definition) is 2. The van der Waals surface area contributed by atoms with Crippen LogP contribution in [0.4, 0.5) is 4.39 Å². The molecule has 6 rings (SSSR count). The number of carbonyl (C=O) groups is 2. The SMILES string of the molecule is CC(=O)OCC(=O)C1(O)C(C)CC2C3C=C(C)C4=Cc5c(cnn5-c5ccccc5)CC4(C)C3(F)C(O)CC21C. The number of fused-ring (bicyclic) bond motifs is 6. The molecule has 1 aromatic heterocycles. The van der Waals surface area contributed by atoms with Crippen LogP contribution in [0.5, 0.6) is 0 Å². The summed E-state index contributed by atoms with van der Waals surface area (Å²) in [5.41, 5.74) is -1.53. The van der Waals surface area contributed by atoms with Gasteiger partial charge >= 0.3 is 5.97 Å². The van der Waals surface area contributed by atoms with Gasteiger partial charge in [-0.2, -0.15) is 5.10 Å². The van der Waals surface area contributed by atoms with Gasteiger partial charge in [0, 0.05) is 23.7 Å². The number of aliphatic hydroxyl groups is 2. The normalized spacial score (nSPS) is 39.7. The zero-order chi connectivity index (χ0) is 28.8. The Bertz CT molecular complexity index is 1460. The quantitative estimate of drug-likeness (QED) is 0.550. The van der Waals surface area contributed by atoms with E-state index < -0.39 is 64.3 Å². The van der Waals surface area contributed by atoms with Crippen LogP contribution in [-0.2, 0) is 20.7 Å². The van der Waals surface area contributed by atoms with Gasteiger partial charge in [-0.3, -0.25) is 9.59 Å². The Morgan fingerprint density at radius 3 is 2.60 bits per heavy atom. The van der Waals surface area contributed by atoms with E-state index in [9.17, 15) is 19.8 Å². The fourth-order valence-corrected chi connectivity index (χ4v) is 8.89. The molecule has 8 heteroatoms. The first-order valence-corrected chi connectivity index (χ1v) is 14.1. The summed E-state index contributed by atoms with van der Waals surface area (Å²) in [5.74, 6) is -2.82. The Hall–Kier alpha value is -3.10. The highest BCUT2D eigenvalue weighted by Gasteiger charge is 2.75. The number of alkyl halides is 1. The van der Waals surface area contributed by atoms with E-state index in [1.165, 1.54) is 6.92 Å². The fourth-order valence-electron chi connectivity index (χ4n) is 8.89. The van der Waals surface area contributed by atoms with E-state index in [4.69, 9.17) is 4.74 Å². The van der Waals surface area contributed by atoms with Gasteiger partial charge in [-0.15, -0.1) is 0 Å². The maximum absolute atomic E-state index is 18.0. The molecule has 1 heterocycles. The van der Waals surface area contributed by atoms with Crippen LogP contribution in [0.15, 0.2) is 53.8 Å². The molecule has 0 radical (unpaired) electrons. The predicted octanol–water partition coefficient (Wildman–Crippen LogP) is 4.39. The third-order valence-corrected chi connectivity index (χ3v) is 10.9. The Labute approximate surface area is 233 Å². The van der Waals surface area contributed by atoms with Crippen molar-refractivity contribution in [3.63, 3.8) is 0 Å². The molecule has 0 bridgehead atoms. The van der Waals surface area contributed by atoms with Crippen molar-refractivity contribution in [3.05, 3.63) is 65.0 Å². The first-order valence-electron chi connectivity index (χ1n) is 14.1. The summed E-state index contributed by atoms with van der Waals surface area (Å²) in [4.78, 5) is 24.8. The van der Waals surface area contributed by atoms with Crippen molar-refractivity contribution in [2.45, 2.75) is 71.3 Å². The van der Waals surface area contributed by atoms with Crippen LogP contribution in [0.2, 0.25) is 0 Å². The number of ketones is 1. The lowest BCUT2D eigenvalue weighted by Gasteiger charge is -2.62. The van der Waals surface area contributed by atoms with Crippen molar-refractivity contribution in [2.24, 2.45) is 28.6 Å². The third kappa shape index (κ3) is 3.26. The number of halogens is 1. The zero-order valence-electron chi connectivity index (χ0n) is 23.6. The first kappa shape index (κ1) is 27.1. The standard InChI is InChI=1S/C32H37FN2O5/c1-18-11-25-24-12-19(2)32(39,28(38)17-40-20(3)36)30(24,5)15-27(37)31(25,33)29(4)14-21-16-34-35(26(21)13-23(18)29)22-9-7-6-8-10-22/h6-11,13,16,19,24-25,27,37,39H,12,14-15,17H2,1-5H3. The molecule has 0 amide bonds. The number of aliphatic hydroxyl groups excluding tert-OH is 1. The van der Waals surface area contributed by atoms with Crippen LogP contribution in [-0.4, -0.2) is 55.7 Å². The second-order valence-electron chi connectivity index (χ2n) is 12.9. The molecule has 8 atom stereocenters. The molecular formula is C32H37FN2O5. The molecule has 0 spiro atoms. The summed E-state index contributed by atoms with van der Waals surface area (Å²) in [5, 5.41) is 28.4. The summed E-state index contributed by atoms with van der Waals surface area (Å²) < 4.78 is 24.8. The van der Waals surface area contributed by atoms with Crippen LogP contribution in [0.25, 0.3) is 11.8 Å². The maximum Gasteiger partial charge on any atom is 0.303 e. The minimum absolute atomic E-state index is 0.0801. The molecule has 2 saturated carbocycles. The van der Waals surface area contributed by atoms with Crippen molar-refractivity contribution in [2.75, 3.05) is 6.61 Å².